The van der Waals surface area contributed by atoms with Crippen LogP contribution in [0.4, 0.5) is 5.69 Å². The number of hydrogen-bond donors (Lipinski definition) is 2. The predicted molar refractivity (Wildman–Crippen MR) is 72.7 cm³/mol. The van der Waals surface area contributed by atoms with E-state index in [0.717, 1.165) is 31.4 Å². The summed E-state index contributed by atoms with van der Waals surface area (Å²) in [7, 11) is 1.65. The van der Waals surface area contributed by atoms with E-state index in [4.69, 9.17) is 10.5 Å². The number of rotatable bonds is 5. The van der Waals surface area contributed by atoms with Gasteiger partial charge in [0.25, 0.3) is 0 Å². The molecule has 19 heavy (non-hydrogen) atoms. The summed E-state index contributed by atoms with van der Waals surface area (Å²) in [6, 6.07) is 0.265. The minimum atomic E-state index is 0.0817. The van der Waals surface area contributed by atoms with Crippen LogP contribution in [-0.2, 0) is 16.1 Å². The van der Waals surface area contributed by atoms with Gasteiger partial charge in [-0.2, -0.15) is 5.10 Å². The van der Waals surface area contributed by atoms with E-state index in [1.54, 1.807) is 18.0 Å². The number of ether oxygens (including phenoxy) is 1. The van der Waals surface area contributed by atoms with E-state index >= 15 is 0 Å². The molecule has 3 N–H and O–H groups in total. The minimum Gasteiger partial charge on any atom is -0.383 e. The van der Waals surface area contributed by atoms with Crippen molar-refractivity contribution in [2.45, 2.75) is 38.3 Å². The number of amides is 1. The number of hydrogen-bond acceptors (Lipinski definition) is 4. The van der Waals surface area contributed by atoms with Gasteiger partial charge in [0.15, 0.2) is 0 Å². The highest BCUT2D eigenvalue weighted by Crippen LogP contribution is 2.24. The lowest BCUT2D eigenvalue weighted by Crippen LogP contribution is -2.32. The molecule has 6 heteroatoms. The molecule has 1 fully saturated rings. The first-order chi connectivity index (χ1) is 9.19. The maximum Gasteiger partial charge on any atom is 0.227 e. The van der Waals surface area contributed by atoms with Gasteiger partial charge in [0.2, 0.25) is 5.91 Å². The van der Waals surface area contributed by atoms with E-state index in [0.29, 0.717) is 13.2 Å². The Bertz CT molecular complexity index is 411. The van der Waals surface area contributed by atoms with Crippen LogP contribution in [0, 0.1) is 5.92 Å². The Morgan fingerprint density at radius 1 is 1.53 bits per heavy atom. The summed E-state index contributed by atoms with van der Waals surface area (Å²) in [6.07, 6.45) is 7.12. The normalized spacial score (nSPS) is 23.3. The van der Waals surface area contributed by atoms with Crippen LogP contribution in [0.25, 0.3) is 0 Å². The van der Waals surface area contributed by atoms with Crippen molar-refractivity contribution in [1.29, 1.82) is 0 Å². The van der Waals surface area contributed by atoms with Crippen molar-refractivity contribution in [2.75, 3.05) is 19.0 Å². The largest absolute Gasteiger partial charge is 0.383 e. The fourth-order valence-electron chi connectivity index (χ4n) is 2.36. The highest BCUT2D eigenvalue weighted by molar-refractivity contribution is 5.92. The molecule has 2 rings (SSSR count). The molecule has 0 spiro atoms. The number of nitrogens with zero attached hydrogens (tertiary/aromatic N) is 2. The molecule has 0 saturated heterocycles. The number of aromatic nitrogens is 2. The SMILES string of the molecule is COCCn1cc(NC(=O)C2CCC(N)CC2)cn1. The van der Waals surface area contributed by atoms with Crippen LogP contribution >= 0.6 is 0 Å². The number of anilines is 1. The summed E-state index contributed by atoms with van der Waals surface area (Å²) in [5.41, 5.74) is 6.59. The summed E-state index contributed by atoms with van der Waals surface area (Å²) >= 11 is 0. The highest BCUT2D eigenvalue weighted by atomic mass is 16.5. The molecule has 1 heterocycles. The first kappa shape index (κ1) is 14.0. The van der Waals surface area contributed by atoms with Crippen LogP contribution in [0.5, 0.6) is 0 Å². The van der Waals surface area contributed by atoms with Crippen molar-refractivity contribution in [1.82, 2.24) is 9.78 Å². The van der Waals surface area contributed by atoms with Gasteiger partial charge in [-0.3, -0.25) is 9.48 Å². The molecule has 1 saturated carbocycles. The molecular weight excluding hydrogens is 244 g/mol. The second-order valence-corrected chi connectivity index (χ2v) is 5.09. The van der Waals surface area contributed by atoms with E-state index < -0.39 is 0 Å². The summed E-state index contributed by atoms with van der Waals surface area (Å²) < 4.78 is 6.74. The van der Waals surface area contributed by atoms with E-state index in [1.807, 2.05) is 6.20 Å². The quantitative estimate of drug-likeness (QED) is 0.832. The number of carbonyl (C=O) groups excluding carboxylic acids is 1. The molecule has 1 aromatic rings. The van der Waals surface area contributed by atoms with Crippen molar-refractivity contribution in [3.05, 3.63) is 12.4 Å². The van der Waals surface area contributed by atoms with Gasteiger partial charge in [0.1, 0.15) is 0 Å². The maximum absolute atomic E-state index is 12.1. The smallest absolute Gasteiger partial charge is 0.227 e. The van der Waals surface area contributed by atoms with Crippen molar-refractivity contribution < 1.29 is 9.53 Å². The van der Waals surface area contributed by atoms with E-state index in [9.17, 15) is 4.79 Å². The lowest BCUT2D eigenvalue weighted by molar-refractivity contribution is -0.120. The van der Waals surface area contributed by atoms with Crippen LogP contribution < -0.4 is 11.1 Å². The molecule has 0 aliphatic heterocycles. The average Bonchev–Trinajstić information content (AvgIpc) is 2.84. The number of nitrogens with one attached hydrogen (secondary N) is 1. The van der Waals surface area contributed by atoms with Crippen LogP contribution in [-0.4, -0.2) is 35.4 Å². The molecule has 1 amide bonds. The molecule has 0 aromatic carbocycles. The van der Waals surface area contributed by atoms with Crippen molar-refractivity contribution in [3.8, 4) is 0 Å². The van der Waals surface area contributed by atoms with Crippen molar-refractivity contribution in [2.24, 2.45) is 11.7 Å². The van der Waals surface area contributed by atoms with Crippen molar-refractivity contribution in [3.63, 3.8) is 0 Å². The molecule has 1 aliphatic carbocycles. The van der Waals surface area contributed by atoms with Crippen LogP contribution in [0.2, 0.25) is 0 Å². The lowest BCUT2D eigenvalue weighted by atomic mass is 9.86. The monoisotopic (exact) mass is 266 g/mol. The number of nitrogens with two attached hydrogens (primary N) is 1. The predicted octanol–water partition coefficient (Wildman–Crippen LogP) is 0.985. The second-order valence-electron chi connectivity index (χ2n) is 5.09. The third-order valence-corrected chi connectivity index (χ3v) is 3.57. The minimum absolute atomic E-state index is 0.0817. The summed E-state index contributed by atoms with van der Waals surface area (Å²) in [4.78, 5) is 12.1. The zero-order chi connectivity index (χ0) is 13.7. The Kier molecular flexibility index (Phi) is 4.93. The first-order valence-corrected chi connectivity index (χ1v) is 6.77. The van der Waals surface area contributed by atoms with Gasteiger partial charge in [0, 0.05) is 25.3 Å². The molecule has 6 nitrogen and oxygen atoms in total. The van der Waals surface area contributed by atoms with Gasteiger partial charge in [-0.05, 0) is 25.7 Å². The molecule has 0 radical (unpaired) electrons. The topological polar surface area (TPSA) is 82.2 Å². The van der Waals surface area contributed by atoms with Crippen LogP contribution in [0.1, 0.15) is 25.7 Å². The van der Waals surface area contributed by atoms with Gasteiger partial charge in [-0.1, -0.05) is 0 Å². The Balaban J connectivity index is 1.83. The molecular formula is C13H22N4O2. The molecule has 0 unspecified atom stereocenters. The lowest BCUT2D eigenvalue weighted by Gasteiger charge is -2.24. The summed E-state index contributed by atoms with van der Waals surface area (Å²) in [5.74, 6) is 0.167. The summed E-state index contributed by atoms with van der Waals surface area (Å²) in [5, 5.41) is 7.09. The summed E-state index contributed by atoms with van der Waals surface area (Å²) in [6.45, 7) is 1.29. The maximum atomic E-state index is 12.1. The molecule has 1 aliphatic rings. The number of methoxy groups -OCH3 is 1. The molecule has 106 valence electrons. The third-order valence-electron chi connectivity index (χ3n) is 3.57. The standard InChI is InChI=1S/C13H22N4O2/c1-19-7-6-17-9-12(8-15-17)16-13(18)10-2-4-11(14)5-3-10/h8-11H,2-7,14H2,1H3,(H,16,18). The fourth-order valence-corrected chi connectivity index (χ4v) is 2.36. The Morgan fingerprint density at radius 2 is 2.26 bits per heavy atom. The average molecular weight is 266 g/mol. The Hall–Kier alpha value is -1.40. The zero-order valence-corrected chi connectivity index (χ0v) is 11.3. The number of carbonyl (C=O) groups is 1. The van der Waals surface area contributed by atoms with Gasteiger partial charge < -0.3 is 15.8 Å². The molecule has 1 aromatic heterocycles. The van der Waals surface area contributed by atoms with Crippen molar-refractivity contribution >= 4 is 11.6 Å². The third kappa shape index (κ3) is 4.04. The Morgan fingerprint density at radius 3 is 2.95 bits per heavy atom. The first-order valence-electron chi connectivity index (χ1n) is 6.77. The zero-order valence-electron chi connectivity index (χ0n) is 11.3. The van der Waals surface area contributed by atoms with E-state index in [1.165, 1.54) is 0 Å². The van der Waals surface area contributed by atoms with E-state index in [2.05, 4.69) is 10.4 Å². The van der Waals surface area contributed by atoms with Gasteiger partial charge in [-0.25, -0.2) is 0 Å². The second kappa shape index (κ2) is 6.68. The van der Waals surface area contributed by atoms with Gasteiger partial charge in [0.05, 0.1) is 25.0 Å². The highest BCUT2D eigenvalue weighted by Gasteiger charge is 2.24. The molecule has 0 bridgehead atoms. The Labute approximate surface area is 113 Å². The van der Waals surface area contributed by atoms with Gasteiger partial charge in [-0.15, -0.1) is 0 Å². The van der Waals surface area contributed by atoms with E-state index in [-0.39, 0.29) is 17.9 Å². The van der Waals surface area contributed by atoms with Crippen LogP contribution in [0.3, 0.4) is 0 Å². The van der Waals surface area contributed by atoms with Gasteiger partial charge >= 0.3 is 0 Å². The fraction of sp³-hybridized carbons (Fsp3) is 0.692. The van der Waals surface area contributed by atoms with Crippen LogP contribution in [0.15, 0.2) is 12.4 Å². The molecule has 0 atom stereocenters.